The van der Waals surface area contributed by atoms with Gasteiger partial charge in [0.2, 0.25) is 0 Å². The monoisotopic (exact) mass is 213 g/mol. The first-order valence-corrected chi connectivity index (χ1v) is 4.97. The Kier molecular flexibility index (Phi) is 2.86. The summed E-state index contributed by atoms with van der Waals surface area (Å²) in [6.07, 6.45) is 0. The van der Waals surface area contributed by atoms with Crippen molar-refractivity contribution in [3.05, 3.63) is 29.3 Å². The maximum atomic E-state index is 13.6. The summed E-state index contributed by atoms with van der Waals surface area (Å²) in [6, 6.07) is 2.50. The molecular weight excluding hydrogens is 200 g/mol. The molecule has 4 heteroatoms. The highest BCUT2D eigenvalue weighted by atomic mass is 19.1. The molecule has 1 aliphatic heterocycles. The molecule has 0 amide bonds. The summed E-state index contributed by atoms with van der Waals surface area (Å²) >= 11 is 0. The Hall–Kier alpha value is -1.16. The molecule has 1 fully saturated rings. The van der Waals surface area contributed by atoms with E-state index in [4.69, 9.17) is 4.74 Å². The standard InChI is InChI=1S/C11H13F2NO/c1-8-6-10(13)11(7-9(8)12)14-2-4-15-5-3-14/h6-7H,2-5H2,1H3. The van der Waals surface area contributed by atoms with Gasteiger partial charge in [0.15, 0.2) is 0 Å². The van der Waals surface area contributed by atoms with Crippen LogP contribution in [0.4, 0.5) is 14.5 Å². The van der Waals surface area contributed by atoms with E-state index >= 15 is 0 Å². The molecule has 15 heavy (non-hydrogen) atoms. The molecule has 0 atom stereocenters. The molecule has 2 nitrogen and oxygen atoms in total. The number of aryl methyl sites for hydroxylation is 1. The third-order valence-electron chi connectivity index (χ3n) is 2.58. The number of hydrogen-bond donors (Lipinski definition) is 0. The number of nitrogens with zero attached hydrogens (tertiary/aromatic N) is 1. The maximum absolute atomic E-state index is 13.6. The molecule has 0 bridgehead atoms. The van der Waals surface area contributed by atoms with Crippen molar-refractivity contribution in [2.45, 2.75) is 6.92 Å². The van der Waals surface area contributed by atoms with E-state index in [0.717, 1.165) is 0 Å². The van der Waals surface area contributed by atoms with Crippen molar-refractivity contribution in [3.8, 4) is 0 Å². The Morgan fingerprint density at radius 2 is 1.80 bits per heavy atom. The van der Waals surface area contributed by atoms with Crippen molar-refractivity contribution >= 4 is 5.69 Å². The van der Waals surface area contributed by atoms with Gasteiger partial charge in [0.05, 0.1) is 18.9 Å². The van der Waals surface area contributed by atoms with Gasteiger partial charge in [-0.2, -0.15) is 0 Å². The first kappa shape index (κ1) is 10.4. The molecule has 0 aliphatic carbocycles. The number of hydrogen-bond acceptors (Lipinski definition) is 2. The van der Waals surface area contributed by atoms with Crippen LogP contribution in [0.1, 0.15) is 5.56 Å². The summed E-state index contributed by atoms with van der Waals surface area (Å²) < 4.78 is 32.0. The van der Waals surface area contributed by atoms with Crippen LogP contribution in [-0.4, -0.2) is 26.3 Å². The van der Waals surface area contributed by atoms with Crippen LogP contribution in [0.15, 0.2) is 12.1 Å². The van der Waals surface area contributed by atoms with Gasteiger partial charge in [-0.3, -0.25) is 0 Å². The summed E-state index contributed by atoms with van der Waals surface area (Å²) in [4.78, 5) is 1.81. The predicted octanol–water partition coefficient (Wildman–Crippen LogP) is 2.11. The van der Waals surface area contributed by atoms with Gasteiger partial charge in [-0.1, -0.05) is 0 Å². The molecule has 82 valence electrons. The van der Waals surface area contributed by atoms with Crippen molar-refractivity contribution in [2.24, 2.45) is 0 Å². The average Bonchev–Trinajstić information content (AvgIpc) is 2.25. The Labute approximate surface area is 87.5 Å². The van der Waals surface area contributed by atoms with Crippen LogP contribution < -0.4 is 4.90 Å². The third kappa shape index (κ3) is 2.09. The lowest BCUT2D eigenvalue weighted by atomic mass is 10.2. The fourth-order valence-corrected chi connectivity index (χ4v) is 1.68. The third-order valence-corrected chi connectivity index (χ3v) is 2.58. The molecule has 0 aromatic heterocycles. The van der Waals surface area contributed by atoms with Gasteiger partial charge in [-0.15, -0.1) is 0 Å². The Balaban J connectivity index is 2.30. The average molecular weight is 213 g/mol. The number of anilines is 1. The molecule has 0 N–H and O–H groups in total. The zero-order chi connectivity index (χ0) is 10.8. The number of ether oxygens (including phenoxy) is 1. The van der Waals surface area contributed by atoms with E-state index in [2.05, 4.69) is 0 Å². The molecule has 1 heterocycles. The normalized spacial score (nSPS) is 16.9. The van der Waals surface area contributed by atoms with Gasteiger partial charge in [-0.25, -0.2) is 8.78 Å². The second-order valence-electron chi connectivity index (χ2n) is 3.65. The second kappa shape index (κ2) is 4.14. The predicted molar refractivity (Wildman–Crippen MR) is 54.1 cm³/mol. The van der Waals surface area contributed by atoms with E-state index in [9.17, 15) is 8.78 Å². The van der Waals surface area contributed by atoms with E-state index in [1.807, 2.05) is 0 Å². The minimum absolute atomic E-state index is 0.335. The molecule has 2 rings (SSSR count). The molecule has 1 aromatic rings. The summed E-state index contributed by atoms with van der Waals surface area (Å²) in [5, 5.41) is 0. The topological polar surface area (TPSA) is 12.5 Å². The van der Waals surface area contributed by atoms with Gasteiger partial charge in [-0.05, 0) is 18.6 Å². The minimum Gasteiger partial charge on any atom is -0.378 e. The fraction of sp³-hybridized carbons (Fsp3) is 0.455. The van der Waals surface area contributed by atoms with E-state index in [1.54, 1.807) is 11.8 Å². The molecule has 1 aliphatic rings. The lowest BCUT2D eigenvalue weighted by molar-refractivity contribution is 0.122. The molecular formula is C11H13F2NO. The van der Waals surface area contributed by atoms with Crippen molar-refractivity contribution in [3.63, 3.8) is 0 Å². The van der Waals surface area contributed by atoms with E-state index in [-0.39, 0.29) is 11.6 Å². The van der Waals surface area contributed by atoms with Crippen molar-refractivity contribution in [2.75, 3.05) is 31.2 Å². The summed E-state index contributed by atoms with van der Waals surface area (Å²) in [5.41, 5.74) is 0.672. The van der Waals surface area contributed by atoms with E-state index < -0.39 is 0 Å². The van der Waals surface area contributed by atoms with E-state index in [1.165, 1.54) is 12.1 Å². The zero-order valence-corrected chi connectivity index (χ0v) is 8.59. The smallest absolute Gasteiger partial charge is 0.146 e. The molecule has 1 aromatic carbocycles. The summed E-state index contributed by atoms with van der Waals surface area (Å²) in [6.45, 7) is 3.91. The van der Waals surface area contributed by atoms with Crippen molar-refractivity contribution < 1.29 is 13.5 Å². The first-order chi connectivity index (χ1) is 7.18. The largest absolute Gasteiger partial charge is 0.378 e. The SMILES string of the molecule is Cc1cc(F)c(N2CCOCC2)cc1F. The van der Waals surface area contributed by atoms with Gasteiger partial charge in [0, 0.05) is 19.2 Å². The van der Waals surface area contributed by atoms with Crippen molar-refractivity contribution in [1.82, 2.24) is 0 Å². The lowest BCUT2D eigenvalue weighted by Crippen LogP contribution is -2.36. The first-order valence-electron chi connectivity index (χ1n) is 4.97. The maximum Gasteiger partial charge on any atom is 0.146 e. The summed E-state index contributed by atoms with van der Waals surface area (Å²) in [5.74, 6) is -0.728. The molecule has 0 spiro atoms. The quantitative estimate of drug-likeness (QED) is 0.708. The van der Waals surface area contributed by atoms with Crippen LogP contribution in [0.2, 0.25) is 0 Å². The van der Waals surface area contributed by atoms with Crippen LogP contribution in [0, 0.1) is 18.6 Å². The van der Waals surface area contributed by atoms with Crippen molar-refractivity contribution in [1.29, 1.82) is 0 Å². The highest BCUT2D eigenvalue weighted by Crippen LogP contribution is 2.23. The zero-order valence-electron chi connectivity index (χ0n) is 8.59. The van der Waals surface area contributed by atoms with Gasteiger partial charge in [0.25, 0.3) is 0 Å². The van der Waals surface area contributed by atoms with Gasteiger partial charge >= 0.3 is 0 Å². The Morgan fingerprint density at radius 1 is 1.13 bits per heavy atom. The van der Waals surface area contributed by atoms with Crippen LogP contribution in [0.25, 0.3) is 0 Å². The summed E-state index contributed by atoms with van der Waals surface area (Å²) in [7, 11) is 0. The second-order valence-corrected chi connectivity index (χ2v) is 3.65. The van der Waals surface area contributed by atoms with Crippen LogP contribution in [0.3, 0.4) is 0 Å². The highest BCUT2D eigenvalue weighted by Gasteiger charge is 2.16. The Morgan fingerprint density at radius 3 is 2.47 bits per heavy atom. The van der Waals surface area contributed by atoms with Crippen LogP contribution in [-0.2, 0) is 4.74 Å². The van der Waals surface area contributed by atoms with Gasteiger partial charge in [0.1, 0.15) is 11.6 Å². The van der Waals surface area contributed by atoms with Crippen LogP contribution in [0.5, 0.6) is 0 Å². The lowest BCUT2D eigenvalue weighted by Gasteiger charge is -2.29. The number of rotatable bonds is 1. The molecule has 0 radical (unpaired) electrons. The van der Waals surface area contributed by atoms with Gasteiger partial charge < -0.3 is 9.64 Å². The number of morpholine rings is 1. The highest BCUT2D eigenvalue weighted by molar-refractivity contribution is 5.49. The molecule has 0 unspecified atom stereocenters. The number of benzene rings is 1. The number of halogens is 2. The fourth-order valence-electron chi connectivity index (χ4n) is 1.68. The Bertz CT molecular complexity index is 362. The molecule has 0 saturated carbocycles. The van der Waals surface area contributed by atoms with E-state index in [0.29, 0.717) is 37.6 Å². The van der Waals surface area contributed by atoms with Crippen LogP contribution >= 0.6 is 0 Å². The minimum atomic E-state index is -0.365. The molecule has 1 saturated heterocycles.